The van der Waals surface area contributed by atoms with Crippen LogP contribution in [0.5, 0.6) is 0 Å². The van der Waals surface area contributed by atoms with Crippen molar-refractivity contribution in [3.63, 3.8) is 0 Å². The molecule has 1 aliphatic heterocycles. The number of rotatable bonds is 8. The van der Waals surface area contributed by atoms with E-state index in [0.717, 1.165) is 22.3 Å². The molecule has 12 nitrogen and oxygen atoms in total. The topological polar surface area (TPSA) is 152 Å². The Bertz CT molecular complexity index is 1890. The molecule has 1 aliphatic carbocycles. The number of nitrogens with zero attached hydrogens (tertiary/aromatic N) is 6. The number of piperidine rings is 1. The third-order valence-corrected chi connectivity index (χ3v) is 9.21. The Morgan fingerprint density at radius 3 is 2.42 bits per heavy atom. The van der Waals surface area contributed by atoms with Crippen molar-refractivity contribution in [2.24, 2.45) is 5.41 Å². The van der Waals surface area contributed by atoms with E-state index in [0.29, 0.717) is 46.5 Å². The Kier molecular flexibility index (Phi) is 7.76. The first-order valence-corrected chi connectivity index (χ1v) is 15.5. The average Bonchev–Trinajstić information content (AvgIpc) is 3.39. The summed E-state index contributed by atoms with van der Waals surface area (Å²) in [5.74, 6) is 0.0312. The van der Waals surface area contributed by atoms with E-state index >= 15 is 0 Å². The normalized spacial score (nSPS) is 20.2. The minimum Gasteiger partial charge on any atom is -0.356 e. The second kappa shape index (κ2) is 11.4. The Morgan fingerprint density at radius 2 is 1.73 bits per heavy atom. The van der Waals surface area contributed by atoms with Crippen molar-refractivity contribution in [3.05, 3.63) is 63.9 Å². The molecule has 45 heavy (non-hydrogen) atoms. The zero-order valence-corrected chi connectivity index (χ0v) is 27.2. The lowest BCUT2D eigenvalue weighted by atomic mass is 9.99. The SMILES string of the molecule is CC(=O)NC[C@@]12C[C@@H](C(=O)Nc3nc(Br)ccc3C)N(C(=O)Cn3nc(C(C)=O)c4cc(-c5cnc(C)nc5)cc(C)c43)[C@@H]1C2. The Balaban J connectivity index is 1.33. The van der Waals surface area contributed by atoms with Crippen LogP contribution in [0.15, 0.2) is 41.3 Å². The number of aryl methyl sites for hydroxylation is 3. The number of Topliss-reactive ketones (excluding diaryl/α,β-unsaturated/α-hetero) is 1. The van der Waals surface area contributed by atoms with E-state index in [1.807, 2.05) is 39.0 Å². The number of ketones is 1. The van der Waals surface area contributed by atoms with Gasteiger partial charge in [0.05, 0.1) is 5.52 Å². The van der Waals surface area contributed by atoms with Gasteiger partial charge >= 0.3 is 0 Å². The van der Waals surface area contributed by atoms with Gasteiger partial charge in [-0.05, 0) is 84.4 Å². The predicted octanol–water partition coefficient (Wildman–Crippen LogP) is 3.91. The molecule has 3 aromatic heterocycles. The van der Waals surface area contributed by atoms with Gasteiger partial charge in [-0.1, -0.05) is 6.07 Å². The number of pyridine rings is 1. The van der Waals surface area contributed by atoms with E-state index in [4.69, 9.17) is 0 Å². The first-order valence-electron chi connectivity index (χ1n) is 14.7. The zero-order valence-electron chi connectivity index (χ0n) is 25.6. The van der Waals surface area contributed by atoms with Gasteiger partial charge in [0.2, 0.25) is 17.7 Å². The van der Waals surface area contributed by atoms with Crippen molar-refractivity contribution in [2.45, 2.75) is 66.1 Å². The number of halogens is 1. The number of hydrogen-bond donors (Lipinski definition) is 2. The van der Waals surface area contributed by atoms with E-state index in [1.165, 1.54) is 13.8 Å². The van der Waals surface area contributed by atoms with E-state index < -0.39 is 6.04 Å². The summed E-state index contributed by atoms with van der Waals surface area (Å²) in [5.41, 5.74) is 3.78. The van der Waals surface area contributed by atoms with Crippen LogP contribution in [-0.2, 0) is 20.9 Å². The van der Waals surface area contributed by atoms with E-state index in [-0.39, 0.29) is 47.2 Å². The van der Waals surface area contributed by atoms with Gasteiger partial charge in [-0.15, -0.1) is 0 Å². The van der Waals surface area contributed by atoms with Gasteiger partial charge in [0, 0.05) is 55.2 Å². The molecular weight excluding hydrogens is 640 g/mol. The molecule has 2 aliphatic rings. The molecule has 2 fully saturated rings. The molecule has 0 unspecified atom stereocenters. The number of amides is 3. The first kappa shape index (κ1) is 30.5. The lowest BCUT2D eigenvalue weighted by molar-refractivity contribution is -0.138. The maximum Gasteiger partial charge on any atom is 0.248 e. The van der Waals surface area contributed by atoms with E-state index in [2.05, 4.69) is 46.6 Å². The lowest BCUT2D eigenvalue weighted by Crippen LogP contribution is -2.47. The molecule has 0 bridgehead atoms. The van der Waals surface area contributed by atoms with Gasteiger partial charge in [0.1, 0.15) is 34.5 Å². The minimum absolute atomic E-state index is 0.164. The fourth-order valence-electron chi connectivity index (χ4n) is 6.42. The summed E-state index contributed by atoms with van der Waals surface area (Å²) in [4.78, 5) is 67.0. The van der Waals surface area contributed by atoms with Crippen molar-refractivity contribution in [1.29, 1.82) is 0 Å². The summed E-state index contributed by atoms with van der Waals surface area (Å²) >= 11 is 3.35. The summed E-state index contributed by atoms with van der Waals surface area (Å²) < 4.78 is 2.14. The van der Waals surface area contributed by atoms with Gasteiger partial charge in [0.15, 0.2) is 5.78 Å². The third-order valence-electron chi connectivity index (χ3n) is 8.77. The fraction of sp³-hybridized carbons (Fsp3) is 0.375. The first-order chi connectivity index (χ1) is 21.4. The monoisotopic (exact) mass is 672 g/mol. The van der Waals surface area contributed by atoms with Crippen molar-refractivity contribution < 1.29 is 19.2 Å². The minimum atomic E-state index is -0.770. The Hall–Kier alpha value is -4.52. The Morgan fingerprint density at radius 1 is 1.00 bits per heavy atom. The molecule has 232 valence electrons. The number of carbonyl (C=O) groups excluding carboxylic acids is 4. The molecular formula is C32H33BrN8O4. The van der Waals surface area contributed by atoms with Gasteiger partial charge in [-0.3, -0.25) is 23.9 Å². The molecule has 0 radical (unpaired) electrons. The van der Waals surface area contributed by atoms with E-state index in [9.17, 15) is 19.2 Å². The van der Waals surface area contributed by atoms with Crippen LogP contribution >= 0.6 is 15.9 Å². The highest BCUT2D eigenvalue weighted by atomic mass is 79.9. The smallest absolute Gasteiger partial charge is 0.248 e. The van der Waals surface area contributed by atoms with Gasteiger partial charge in [0.25, 0.3) is 0 Å². The maximum absolute atomic E-state index is 14.1. The molecule has 4 aromatic rings. The molecule has 1 saturated heterocycles. The molecule has 13 heteroatoms. The maximum atomic E-state index is 14.1. The van der Waals surface area contributed by atoms with Crippen LogP contribution < -0.4 is 10.6 Å². The van der Waals surface area contributed by atoms with Gasteiger partial charge in [-0.25, -0.2) is 15.0 Å². The van der Waals surface area contributed by atoms with Crippen LogP contribution in [0.25, 0.3) is 22.0 Å². The van der Waals surface area contributed by atoms with E-state index in [1.54, 1.807) is 28.0 Å². The number of hydrogen-bond acceptors (Lipinski definition) is 8. The largest absolute Gasteiger partial charge is 0.356 e. The van der Waals surface area contributed by atoms with Crippen molar-refractivity contribution in [3.8, 4) is 11.1 Å². The molecule has 1 saturated carbocycles. The lowest BCUT2D eigenvalue weighted by Gasteiger charge is -2.27. The summed E-state index contributed by atoms with van der Waals surface area (Å²) in [6.07, 6.45) is 4.55. The molecule has 0 spiro atoms. The average molecular weight is 674 g/mol. The van der Waals surface area contributed by atoms with Crippen LogP contribution in [0.4, 0.5) is 5.82 Å². The number of nitrogens with one attached hydrogen (secondary N) is 2. The van der Waals surface area contributed by atoms with Crippen LogP contribution in [0.2, 0.25) is 0 Å². The summed E-state index contributed by atoms with van der Waals surface area (Å²) in [6.45, 7) is 8.67. The summed E-state index contributed by atoms with van der Waals surface area (Å²) in [5, 5.41) is 11.0. The highest BCUT2D eigenvalue weighted by molar-refractivity contribution is 9.10. The number of carbonyl (C=O) groups is 4. The quantitative estimate of drug-likeness (QED) is 0.211. The third kappa shape index (κ3) is 5.72. The van der Waals surface area contributed by atoms with Crippen LogP contribution in [0, 0.1) is 26.2 Å². The number of fused-ring (bicyclic) bond motifs is 2. The number of likely N-dealkylation sites (tertiary alicyclic amines) is 1. The summed E-state index contributed by atoms with van der Waals surface area (Å²) in [6, 6.07) is 6.48. The summed E-state index contributed by atoms with van der Waals surface area (Å²) in [7, 11) is 0. The number of benzene rings is 1. The van der Waals surface area contributed by atoms with Crippen LogP contribution in [-0.4, -0.2) is 71.8 Å². The fourth-order valence-corrected chi connectivity index (χ4v) is 6.73. The zero-order chi connectivity index (χ0) is 32.2. The molecule has 6 rings (SSSR count). The Labute approximate surface area is 268 Å². The van der Waals surface area contributed by atoms with Gasteiger partial charge in [-0.2, -0.15) is 5.10 Å². The molecule has 2 N–H and O–H groups in total. The standard InChI is InChI=1S/C32H33BrN8O4/c1-16-6-7-26(33)37-30(16)38-31(45)24-10-32(15-36-20(5)43)11-25(32)41(24)27(44)14-40-29-17(2)8-21(22-12-34-19(4)35-13-22)9-23(29)28(39-40)18(3)42/h6-9,12-13,24-25H,10-11,14-15H2,1-5H3,(H,36,43)(H,37,38,45)/t24-,25+,32-/m0/s1. The van der Waals surface area contributed by atoms with Gasteiger partial charge < -0.3 is 15.5 Å². The predicted molar refractivity (Wildman–Crippen MR) is 170 cm³/mol. The second-order valence-electron chi connectivity index (χ2n) is 12.1. The van der Waals surface area contributed by atoms with Crippen molar-refractivity contribution in [1.82, 2.24) is 34.9 Å². The van der Waals surface area contributed by atoms with Crippen LogP contribution in [0.3, 0.4) is 0 Å². The van der Waals surface area contributed by atoms with Crippen LogP contribution in [0.1, 0.15) is 54.1 Å². The molecule has 4 heterocycles. The number of aromatic nitrogens is 5. The van der Waals surface area contributed by atoms with Crippen molar-refractivity contribution >= 4 is 56.2 Å². The highest BCUT2D eigenvalue weighted by Crippen LogP contribution is 2.59. The molecule has 3 amide bonds. The second-order valence-corrected chi connectivity index (χ2v) is 12.9. The number of anilines is 1. The molecule has 1 aromatic carbocycles. The van der Waals surface area contributed by atoms with Crippen molar-refractivity contribution in [2.75, 3.05) is 11.9 Å². The highest BCUT2D eigenvalue weighted by Gasteiger charge is 2.67. The molecule has 3 atom stereocenters.